The van der Waals surface area contributed by atoms with Gasteiger partial charge in [0.1, 0.15) is 6.04 Å². The normalized spacial score (nSPS) is 14.2. The van der Waals surface area contributed by atoms with Crippen LogP contribution in [0.25, 0.3) is 0 Å². The molecule has 0 aliphatic carbocycles. The minimum atomic E-state index is -4.49. The monoisotopic (exact) mass is 305 g/mol. The molecule has 1 rings (SSSR count). The van der Waals surface area contributed by atoms with Crippen molar-refractivity contribution in [2.24, 2.45) is 0 Å². The molecule has 0 unspecified atom stereocenters. The number of benzene rings is 1. The van der Waals surface area contributed by atoms with Gasteiger partial charge in [-0.25, -0.2) is 4.79 Å². The van der Waals surface area contributed by atoms with Crippen molar-refractivity contribution in [1.29, 1.82) is 0 Å². The van der Waals surface area contributed by atoms with Crippen LogP contribution in [0.2, 0.25) is 0 Å². The number of hydrogen-bond acceptors (Lipinski definition) is 4. The van der Waals surface area contributed by atoms with Crippen LogP contribution in [-0.4, -0.2) is 30.1 Å². The number of esters is 1. The number of hydrogen-bond donors (Lipinski definition) is 2. The third-order valence-corrected chi connectivity index (χ3v) is 2.72. The Labute approximate surface area is 118 Å². The Hall–Kier alpha value is -2.09. The van der Waals surface area contributed by atoms with Gasteiger partial charge in [0.2, 0.25) is 0 Å². The molecule has 0 bridgehead atoms. The SMILES string of the molecule is COC(=O)[C@H](C)NC(=O)[C@@H](O)c1ccc(C(F)(F)F)cc1. The number of carbonyl (C=O) groups excluding carboxylic acids is 2. The molecule has 0 saturated carbocycles. The zero-order valence-electron chi connectivity index (χ0n) is 11.3. The highest BCUT2D eigenvalue weighted by Gasteiger charge is 2.30. The fraction of sp³-hybridized carbons (Fsp3) is 0.385. The summed E-state index contributed by atoms with van der Waals surface area (Å²) in [6.45, 7) is 1.35. The van der Waals surface area contributed by atoms with E-state index < -0.39 is 35.8 Å². The van der Waals surface area contributed by atoms with Gasteiger partial charge in [0.05, 0.1) is 12.7 Å². The second-order valence-corrected chi connectivity index (χ2v) is 4.28. The molecule has 0 radical (unpaired) electrons. The number of aliphatic hydroxyl groups excluding tert-OH is 1. The quantitative estimate of drug-likeness (QED) is 0.825. The Morgan fingerprint density at radius 3 is 2.19 bits per heavy atom. The van der Waals surface area contributed by atoms with Gasteiger partial charge < -0.3 is 15.2 Å². The largest absolute Gasteiger partial charge is 0.467 e. The van der Waals surface area contributed by atoms with Crippen LogP contribution in [0.15, 0.2) is 24.3 Å². The van der Waals surface area contributed by atoms with E-state index in [9.17, 15) is 27.9 Å². The lowest BCUT2D eigenvalue weighted by atomic mass is 10.1. The summed E-state index contributed by atoms with van der Waals surface area (Å²) >= 11 is 0. The van der Waals surface area contributed by atoms with Gasteiger partial charge in [0.25, 0.3) is 5.91 Å². The van der Waals surface area contributed by atoms with Gasteiger partial charge in [-0.15, -0.1) is 0 Å². The van der Waals surface area contributed by atoms with Crippen molar-refractivity contribution in [3.8, 4) is 0 Å². The summed E-state index contributed by atoms with van der Waals surface area (Å²) in [6, 6.07) is 2.53. The molecule has 0 saturated heterocycles. The molecule has 2 N–H and O–H groups in total. The first-order valence-corrected chi connectivity index (χ1v) is 5.90. The molecule has 1 aromatic carbocycles. The molecule has 5 nitrogen and oxygen atoms in total. The number of nitrogens with one attached hydrogen (secondary N) is 1. The Kier molecular flexibility index (Phi) is 5.31. The van der Waals surface area contributed by atoms with Crippen molar-refractivity contribution in [3.63, 3.8) is 0 Å². The molecule has 1 amide bonds. The first-order valence-electron chi connectivity index (χ1n) is 5.90. The van der Waals surface area contributed by atoms with Crippen molar-refractivity contribution in [1.82, 2.24) is 5.32 Å². The van der Waals surface area contributed by atoms with Crippen LogP contribution in [0.5, 0.6) is 0 Å². The summed E-state index contributed by atoms with van der Waals surface area (Å²) in [7, 11) is 1.14. The zero-order chi connectivity index (χ0) is 16.2. The van der Waals surface area contributed by atoms with E-state index in [-0.39, 0.29) is 5.56 Å². The van der Waals surface area contributed by atoms with E-state index in [4.69, 9.17) is 0 Å². The van der Waals surface area contributed by atoms with Gasteiger partial charge in [-0.05, 0) is 24.6 Å². The minimum absolute atomic E-state index is 0.0161. The molecule has 0 fully saturated rings. The highest BCUT2D eigenvalue weighted by atomic mass is 19.4. The lowest BCUT2D eigenvalue weighted by Crippen LogP contribution is -2.41. The van der Waals surface area contributed by atoms with Gasteiger partial charge in [-0.1, -0.05) is 12.1 Å². The predicted octanol–water partition coefficient (Wildman–Crippen LogP) is 1.42. The predicted molar refractivity (Wildman–Crippen MR) is 66.0 cm³/mol. The molecule has 2 atom stereocenters. The molecule has 0 aromatic heterocycles. The van der Waals surface area contributed by atoms with Gasteiger partial charge in [0.15, 0.2) is 6.10 Å². The third-order valence-electron chi connectivity index (χ3n) is 2.72. The molecular formula is C13H14F3NO4. The van der Waals surface area contributed by atoms with Crippen LogP contribution < -0.4 is 5.32 Å². The summed E-state index contributed by atoms with van der Waals surface area (Å²) in [5, 5.41) is 11.9. The summed E-state index contributed by atoms with van der Waals surface area (Å²) in [5.74, 6) is -1.62. The van der Waals surface area contributed by atoms with Crippen molar-refractivity contribution < 1.29 is 32.6 Å². The van der Waals surface area contributed by atoms with Crippen LogP contribution in [-0.2, 0) is 20.5 Å². The van der Waals surface area contributed by atoms with Crippen molar-refractivity contribution >= 4 is 11.9 Å². The Bertz CT molecular complexity index is 513. The molecular weight excluding hydrogens is 291 g/mol. The zero-order valence-corrected chi connectivity index (χ0v) is 11.3. The number of amides is 1. The summed E-state index contributed by atoms with van der Waals surface area (Å²) in [5.41, 5.74) is -0.903. The maximum atomic E-state index is 12.4. The number of alkyl halides is 3. The topological polar surface area (TPSA) is 75.6 Å². The van der Waals surface area contributed by atoms with Gasteiger partial charge >= 0.3 is 12.1 Å². The van der Waals surface area contributed by atoms with E-state index in [2.05, 4.69) is 10.1 Å². The molecule has 0 spiro atoms. The van der Waals surface area contributed by atoms with Gasteiger partial charge in [-0.2, -0.15) is 13.2 Å². The molecule has 0 aliphatic heterocycles. The molecule has 116 valence electrons. The summed E-state index contributed by atoms with van der Waals surface area (Å²) in [6.07, 6.45) is -6.18. The fourth-order valence-corrected chi connectivity index (χ4v) is 1.53. The molecule has 21 heavy (non-hydrogen) atoms. The number of ether oxygens (including phenoxy) is 1. The van der Waals surface area contributed by atoms with Crippen molar-refractivity contribution in [3.05, 3.63) is 35.4 Å². The maximum absolute atomic E-state index is 12.4. The number of rotatable bonds is 4. The van der Waals surface area contributed by atoms with Gasteiger partial charge in [-0.3, -0.25) is 4.79 Å². The molecule has 8 heteroatoms. The summed E-state index contributed by atoms with van der Waals surface area (Å²) in [4.78, 5) is 22.8. The molecule has 1 aromatic rings. The Morgan fingerprint density at radius 2 is 1.76 bits per heavy atom. The van der Waals surface area contributed by atoms with E-state index in [1.807, 2.05) is 0 Å². The minimum Gasteiger partial charge on any atom is -0.467 e. The van der Waals surface area contributed by atoms with Gasteiger partial charge in [0, 0.05) is 0 Å². The second-order valence-electron chi connectivity index (χ2n) is 4.28. The van der Waals surface area contributed by atoms with Crippen LogP contribution in [0.4, 0.5) is 13.2 Å². The molecule has 0 heterocycles. The smallest absolute Gasteiger partial charge is 0.416 e. The third kappa shape index (κ3) is 4.45. The lowest BCUT2D eigenvalue weighted by Gasteiger charge is -2.16. The second kappa shape index (κ2) is 6.57. The van der Waals surface area contributed by atoms with E-state index in [0.29, 0.717) is 0 Å². The maximum Gasteiger partial charge on any atom is 0.416 e. The Morgan fingerprint density at radius 1 is 1.24 bits per heavy atom. The fourth-order valence-electron chi connectivity index (χ4n) is 1.53. The van der Waals surface area contributed by atoms with Crippen LogP contribution >= 0.6 is 0 Å². The Balaban J connectivity index is 2.77. The van der Waals surface area contributed by atoms with Crippen molar-refractivity contribution in [2.45, 2.75) is 25.2 Å². The molecule has 0 aliphatic rings. The van der Waals surface area contributed by atoms with Crippen LogP contribution in [0, 0.1) is 0 Å². The van der Waals surface area contributed by atoms with E-state index in [1.165, 1.54) is 6.92 Å². The van der Waals surface area contributed by atoms with Crippen LogP contribution in [0.3, 0.4) is 0 Å². The first-order chi connectivity index (χ1) is 9.66. The number of aliphatic hydroxyl groups is 1. The number of carbonyl (C=O) groups is 2. The standard InChI is InChI=1S/C13H14F3NO4/c1-7(12(20)21-2)17-11(19)10(18)8-3-5-9(6-4-8)13(14,15)16/h3-7,10,18H,1-2H3,(H,17,19)/t7-,10-/m0/s1. The highest BCUT2D eigenvalue weighted by Crippen LogP contribution is 2.29. The lowest BCUT2D eigenvalue weighted by molar-refractivity contribution is -0.145. The van der Waals surface area contributed by atoms with Crippen LogP contribution in [0.1, 0.15) is 24.2 Å². The first kappa shape index (κ1) is 17.0. The average Bonchev–Trinajstić information content (AvgIpc) is 2.44. The average molecular weight is 305 g/mol. The highest BCUT2D eigenvalue weighted by molar-refractivity contribution is 5.87. The summed E-state index contributed by atoms with van der Waals surface area (Å²) < 4.78 is 41.5. The van der Waals surface area contributed by atoms with Crippen molar-refractivity contribution in [2.75, 3.05) is 7.11 Å². The number of methoxy groups -OCH3 is 1. The van der Waals surface area contributed by atoms with E-state index in [1.54, 1.807) is 0 Å². The number of halogens is 3. The van der Waals surface area contributed by atoms with E-state index >= 15 is 0 Å². The van der Waals surface area contributed by atoms with E-state index in [0.717, 1.165) is 31.4 Å².